The first-order chi connectivity index (χ1) is 12.2. The van der Waals surface area contributed by atoms with Crippen molar-refractivity contribution in [2.45, 2.75) is 51.7 Å². The minimum absolute atomic E-state index is 0. The van der Waals surface area contributed by atoms with E-state index in [1.54, 1.807) is 0 Å². The number of rotatable bonds is 6. The summed E-state index contributed by atoms with van der Waals surface area (Å²) in [5.41, 5.74) is 2.84. The number of ketones is 1. The summed E-state index contributed by atoms with van der Waals surface area (Å²) in [5.74, 6) is 0.953. The molecular weight excluding hydrogens is 352 g/mol. The lowest BCUT2D eigenvalue weighted by Gasteiger charge is -2.24. The minimum atomic E-state index is 0. The Morgan fingerprint density at radius 3 is 2.85 bits per heavy atom. The number of hydrogen-bond acceptors (Lipinski definition) is 4. The van der Waals surface area contributed by atoms with Gasteiger partial charge in [-0.05, 0) is 49.8 Å². The van der Waals surface area contributed by atoms with Gasteiger partial charge in [0.2, 0.25) is 0 Å². The first kappa shape index (κ1) is 19.3. The Balaban J connectivity index is 0.00000196. The van der Waals surface area contributed by atoms with Gasteiger partial charge in [-0.1, -0.05) is 6.42 Å². The number of ether oxygens (including phenoxy) is 2. The molecule has 1 unspecified atom stereocenters. The molecule has 0 N–H and O–H groups in total. The third kappa shape index (κ3) is 4.11. The monoisotopic (exact) mass is 378 g/mol. The highest BCUT2D eigenvalue weighted by atomic mass is 35.5. The molecule has 1 aliphatic heterocycles. The summed E-state index contributed by atoms with van der Waals surface area (Å²) in [6, 6.07) is 3.91. The van der Waals surface area contributed by atoms with Gasteiger partial charge in [0, 0.05) is 30.1 Å². The molecular formula is C20H27ClN2O3. The van der Waals surface area contributed by atoms with Crippen LogP contribution in [0, 0.1) is 12.8 Å². The zero-order valence-electron chi connectivity index (χ0n) is 15.3. The van der Waals surface area contributed by atoms with Crippen molar-refractivity contribution < 1.29 is 14.3 Å². The van der Waals surface area contributed by atoms with Crippen LogP contribution in [0.2, 0.25) is 0 Å². The van der Waals surface area contributed by atoms with Crippen LogP contribution in [-0.2, 0) is 16.0 Å². The van der Waals surface area contributed by atoms with Crippen LogP contribution in [0.3, 0.4) is 0 Å². The van der Waals surface area contributed by atoms with E-state index in [-0.39, 0.29) is 24.3 Å². The van der Waals surface area contributed by atoms with Gasteiger partial charge in [-0.15, -0.1) is 12.4 Å². The Morgan fingerprint density at radius 1 is 1.31 bits per heavy atom. The zero-order chi connectivity index (χ0) is 17.2. The van der Waals surface area contributed by atoms with Crippen molar-refractivity contribution >= 4 is 29.1 Å². The molecule has 2 fully saturated rings. The normalized spacial score (nSPS) is 20.6. The molecule has 142 valence electrons. The number of carbonyl (C=O) groups excluding carboxylic acids is 1. The number of halogens is 1. The van der Waals surface area contributed by atoms with Crippen molar-refractivity contribution in [3.8, 4) is 0 Å². The second-order valence-electron chi connectivity index (χ2n) is 7.35. The van der Waals surface area contributed by atoms with Crippen LogP contribution in [0.5, 0.6) is 0 Å². The van der Waals surface area contributed by atoms with E-state index in [1.807, 2.05) is 19.1 Å². The number of hydrogen-bond donors (Lipinski definition) is 0. The molecule has 1 aromatic carbocycles. The van der Waals surface area contributed by atoms with Crippen LogP contribution >= 0.6 is 12.4 Å². The van der Waals surface area contributed by atoms with Crippen LogP contribution in [0.4, 0.5) is 0 Å². The molecule has 0 spiro atoms. The van der Waals surface area contributed by atoms with Crippen molar-refractivity contribution in [2.75, 3.05) is 19.8 Å². The van der Waals surface area contributed by atoms with E-state index in [9.17, 15) is 4.79 Å². The van der Waals surface area contributed by atoms with Crippen LogP contribution in [0.15, 0.2) is 18.3 Å². The molecule has 26 heavy (non-hydrogen) atoms. The Morgan fingerprint density at radius 2 is 2.15 bits per heavy atom. The molecule has 5 nitrogen and oxygen atoms in total. The number of aromatic nitrogens is 2. The fourth-order valence-electron chi connectivity index (χ4n) is 3.75. The molecule has 2 heterocycles. The van der Waals surface area contributed by atoms with Crippen LogP contribution in [-0.4, -0.2) is 41.5 Å². The lowest BCUT2D eigenvalue weighted by Crippen LogP contribution is -2.29. The third-order valence-corrected chi connectivity index (χ3v) is 5.55. The van der Waals surface area contributed by atoms with Crippen molar-refractivity contribution in [1.29, 1.82) is 0 Å². The second kappa shape index (κ2) is 8.51. The predicted molar refractivity (Wildman–Crippen MR) is 103 cm³/mol. The summed E-state index contributed by atoms with van der Waals surface area (Å²) >= 11 is 0. The first-order valence-electron chi connectivity index (χ1n) is 9.40. The molecule has 4 rings (SSSR count). The van der Waals surface area contributed by atoms with Gasteiger partial charge in [0.1, 0.15) is 0 Å². The van der Waals surface area contributed by atoms with E-state index in [4.69, 9.17) is 9.47 Å². The molecule has 1 aliphatic carbocycles. The lowest BCUT2D eigenvalue weighted by molar-refractivity contribution is -0.0902. The maximum atomic E-state index is 12.7. The maximum Gasteiger partial charge on any atom is 0.163 e. The number of benzene rings is 1. The SMILES string of the molecule is Cc1c(C(=O)CCC2COCCO2)ccc2nn(CC3CCC3)cc12.Cl. The van der Waals surface area contributed by atoms with Crippen molar-refractivity contribution in [3.63, 3.8) is 0 Å². The van der Waals surface area contributed by atoms with Crippen molar-refractivity contribution in [3.05, 3.63) is 29.5 Å². The highest BCUT2D eigenvalue weighted by Crippen LogP contribution is 2.29. The largest absolute Gasteiger partial charge is 0.376 e. The van der Waals surface area contributed by atoms with E-state index in [2.05, 4.69) is 16.0 Å². The Labute approximate surface area is 160 Å². The molecule has 1 saturated heterocycles. The Hall–Kier alpha value is -1.43. The van der Waals surface area contributed by atoms with E-state index < -0.39 is 0 Å². The number of fused-ring (bicyclic) bond motifs is 1. The average molecular weight is 379 g/mol. The molecule has 2 aromatic rings. The highest BCUT2D eigenvalue weighted by molar-refractivity contribution is 6.01. The molecule has 0 radical (unpaired) electrons. The van der Waals surface area contributed by atoms with Gasteiger partial charge < -0.3 is 9.47 Å². The van der Waals surface area contributed by atoms with Crippen molar-refractivity contribution in [1.82, 2.24) is 9.78 Å². The van der Waals surface area contributed by atoms with Crippen LogP contribution in [0.25, 0.3) is 10.9 Å². The van der Waals surface area contributed by atoms with Gasteiger partial charge in [0.25, 0.3) is 0 Å². The lowest BCUT2D eigenvalue weighted by atomic mass is 9.85. The molecule has 1 aromatic heterocycles. The van der Waals surface area contributed by atoms with Crippen LogP contribution in [0.1, 0.15) is 48.0 Å². The topological polar surface area (TPSA) is 53.4 Å². The smallest absolute Gasteiger partial charge is 0.163 e. The number of nitrogens with zero attached hydrogens (tertiary/aromatic N) is 2. The van der Waals surface area contributed by atoms with Crippen molar-refractivity contribution in [2.24, 2.45) is 5.92 Å². The fraction of sp³-hybridized carbons (Fsp3) is 0.600. The molecule has 1 saturated carbocycles. The second-order valence-corrected chi connectivity index (χ2v) is 7.35. The van der Waals surface area contributed by atoms with Gasteiger partial charge in [-0.3, -0.25) is 9.48 Å². The molecule has 1 atom stereocenters. The number of aryl methyl sites for hydroxylation is 1. The number of carbonyl (C=O) groups is 1. The molecule has 6 heteroatoms. The Kier molecular flexibility index (Phi) is 6.33. The van der Waals surface area contributed by atoms with Gasteiger partial charge in [-0.2, -0.15) is 5.10 Å². The summed E-state index contributed by atoms with van der Waals surface area (Å²) in [6.45, 7) is 4.91. The Bertz CT molecular complexity index is 764. The predicted octanol–water partition coefficient (Wildman–Crippen LogP) is 3.94. The average Bonchev–Trinajstić information content (AvgIpc) is 3.01. The third-order valence-electron chi connectivity index (χ3n) is 5.55. The minimum Gasteiger partial charge on any atom is -0.376 e. The first-order valence-corrected chi connectivity index (χ1v) is 9.40. The van der Waals surface area contributed by atoms with Gasteiger partial charge in [0.15, 0.2) is 5.78 Å². The summed E-state index contributed by atoms with van der Waals surface area (Å²) < 4.78 is 13.1. The molecule has 0 amide bonds. The summed E-state index contributed by atoms with van der Waals surface area (Å²) in [6.07, 6.45) is 7.34. The molecule has 0 bridgehead atoms. The van der Waals surface area contributed by atoms with E-state index in [0.717, 1.165) is 40.9 Å². The van der Waals surface area contributed by atoms with E-state index in [1.165, 1.54) is 19.3 Å². The highest BCUT2D eigenvalue weighted by Gasteiger charge is 2.20. The zero-order valence-corrected chi connectivity index (χ0v) is 16.1. The van der Waals surface area contributed by atoms with Crippen LogP contribution < -0.4 is 0 Å². The van der Waals surface area contributed by atoms with Gasteiger partial charge in [-0.25, -0.2) is 0 Å². The summed E-state index contributed by atoms with van der Waals surface area (Å²) in [5, 5.41) is 5.78. The number of Topliss-reactive ketones (excluding diaryl/α,β-unsaturated/α-hetero) is 1. The van der Waals surface area contributed by atoms with Gasteiger partial charge >= 0.3 is 0 Å². The van der Waals surface area contributed by atoms with E-state index in [0.29, 0.717) is 26.2 Å². The summed E-state index contributed by atoms with van der Waals surface area (Å²) in [4.78, 5) is 12.7. The summed E-state index contributed by atoms with van der Waals surface area (Å²) in [7, 11) is 0. The van der Waals surface area contributed by atoms with Gasteiger partial charge in [0.05, 0.1) is 31.4 Å². The fourth-order valence-corrected chi connectivity index (χ4v) is 3.75. The molecule has 2 aliphatic rings. The maximum absolute atomic E-state index is 12.7. The quantitative estimate of drug-likeness (QED) is 0.714. The van der Waals surface area contributed by atoms with E-state index >= 15 is 0 Å². The standard InChI is InChI=1S/C20H26N2O3.ClH/c1-14-17(20(23)8-5-16-13-24-9-10-25-16)6-7-19-18(14)12-22(21-19)11-15-3-2-4-15;/h6-7,12,15-16H,2-5,8-11,13H2,1H3;1H.